The number of ether oxygens (including phenoxy) is 1. The van der Waals surface area contributed by atoms with Gasteiger partial charge in [-0.3, -0.25) is 9.59 Å². The minimum Gasteiger partial charge on any atom is -0.477 e. The molecule has 1 saturated heterocycles. The molecule has 0 saturated carbocycles. The van der Waals surface area contributed by atoms with E-state index in [9.17, 15) is 18.0 Å². The molecule has 0 aliphatic carbocycles. The Morgan fingerprint density at radius 1 is 0.854 bits per heavy atom. The minimum absolute atomic E-state index is 0.0460. The molecule has 41 heavy (non-hydrogen) atoms. The lowest BCUT2D eigenvalue weighted by Gasteiger charge is -2.38. The molecule has 0 bridgehead atoms. The van der Waals surface area contributed by atoms with Crippen LogP contribution in [0.25, 0.3) is 10.8 Å². The summed E-state index contributed by atoms with van der Waals surface area (Å²) in [7, 11) is -3.80. The molecule has 2 aliphatic rings. The standard InChI is InChI=1S/C32H31N3O5S/c36-31(33-20-23-9-2-1-3-10-23)30-22-35(28-14-6-7-15-29(28)40-30)32(37)26-13-8-18-34(21-26)41(38,39)27-17-16-24-11-4-5-12-25(24)19-27/h1-7,9-12,14-17,19,26,30H,8,13,18,20-22H2,(H,33,36)/t26-,30-/m0/s1. The van der Waals surface area contributed by atoms with Gasteiger partial charge >= 0.3 is 0 Å². The van der Waals surface area contributed by atoms with Gasteiger partial charge in [-0.2, -0.15) is 4.31 Å². The summed E-state index contributed by atoms with van der Waals surface area (Å²) in [5.74, 6) is -0.619. The van der Waals surface area contributed by atoms with Crippen molar-refractivity contribution in [1.82, 2.24) is 9.62 Å². The molecule has 1 N–H and O–H groups in total. The van der Waals surface area contributed by atoms with Crippen molar-refractivity contribution in [3.63, 3.8) is 0 Å². The summed E-state index contributed by atoms with van der Waals surface area (Å²) in [6.45, 7) is 0.825. The normalized spacial score (nSPS) is 19.3. The van der Waals surface area contributed by atoms with Crippen LogP contribution in [0.5, 0.6) is 5.75 Å². The van der Waals surface area contributed by atoms with Crippen LogP contribution in [-0.4, -0.2) is 50.3 Å². The molecule has 2 amide bonds. The van der Waals surface area contributed by atoms with Crippen molar-refractivity contribution in [1.29, 1.82) is 0 Å². The third kappa shape index (κ3) is 5.55. The molecular formula is C32H31N3O5S. The Morgan fingerprint density at radius 3 is 2.41 bits per heavy atom. The largest absolute Gasteiger partial charge is 0.477 e. The first-order valence-corrected chi connectivity index (χ1v) is 15.2. The Morgan fingerprint density at radius 2 is 1.59 bits per heavy atom. The van der Waals surface area contributed by atoms with E-state index >= 15 is 0 Å². The second kappa shape index (κ2) is 11.3. The average Bonchev–Trinajstić information content (AvgIpc) is 3.03. The predicted molar refractivity (Wildman–Crippen MR) is 157 cm³/mol. The number of fused-ring (bicyclic) bond motifs is 2. The third-order valence-electron chi connectivity index (χ3n) is 7.73. The van der Waals surface area contributed by atoms with Gasteiger partial charge in [-0.25, -0.2) is 8.42 Å². The van der Waals surface area contributed by atoms with E-state index in [1.165, 1.54) is 4.31 Å². The number of nitrogens with one attached hydrogen (secondary N) is 1. The first-order chi connectivity index (χ1) is 19.9. The zero-order valence-corrected chi connectivity index (χ0v) is 23.3. The van der Waals surface area contributed by atoms with E-state index in [1.807, 2.05) is 66.7 Å². The molecular weight excluding hydrogens is 538 g/mol. The van der Waals surface area contributed by atoms with Gasteiger partial charge in [0.15, 0.2) is 6.10 Å². The number of para-hydroxylation sites is 2. The number of sulfonamides is 1. The molecule has 8 nitrogen and oxygen atoms in total. The number of amides is 2. The lowest BCUT2D eigenvalue weighted by molar-refractivity contribution is -0.129. The number of piperidine rings is 1. The van der Waals surface area contributed by atoms with E-state index in [2.05, 4.69) is 5.32 Å². The molecule has 0 spiro atoms. The first-order valence-electron chi connectivity index (χ1n) is 13.8. The number of hydrogen-bond acceptors (Lipinski definition) is 5. The summed E-state index contributed by atoms with van der Waals surface area (Å²) in [5, 5.41) is 4.72. The fourth-order valence-corrected chi connectivity index (χ4v) is 7.10. The van der Waals surface area contributed by atoms with Crippen molar-refractivity contribution in [3.05, 3.63) is 103 Å². The highest BCUT2D eigenvalue weighted by atomic mass is 32.2. The molecule has 6 rings (SSSR count). The molecule has 4 aromatic carbocycles. The highest BCUT2D eigenvalue weighted by Crippen LogP contribution is 2.36. The van der Waals surface area contributed by atoms with Crippen LogP contribution in [0.3, 0.4) is 0 Å². The number of benzene rings is 4. The van der Waals surface area contributed by atoms with Gasteiger partial charge in [-0.05, 0) is 53.4 Å². The molecule has 0 aromatic heterocycles. The molecule has 2 aliphatic heterocycles. The molecule has 0 radical (unpaired) electrons. The van der Waals surface area contributed by atoms with E-state index in [0.29, 0.717) is 37.4 Å². The first kappa shape index (κ1) is 27.0. The Labute approximate surface area is 239 Å². The maximum Gasteiger partial charge on any atom is 0.263 e. The molecule has 210 valence electrons. The summed E-state index contributed by atoms with van der Waals surface area (Å²) in [6, 6.07) is 29.5. The van der Waals surface area contributed by atoms with E-state index in [0.717, 1.165) is 16.3 Å². The van der Waals surface area contributed by atoms with Gasteiger partial charge in [-0.15, -0.1) is 0 Å². The zero-order valence-electron chi connectivity index (χ0n) is 22.5. The number of carbonyl (C=O) groups excluding carboxylic acids is 2. The van der Waals surface area contributed by atoms with Crippen LogP contribution < -0.4 is 15.0 Å². The highest BCUT2D eigenvalue weighted by Gasteiger charge is 2.39. The van der Waals surface area contributed by atoms with Crippen molar-refractivity contribution < 1.29 is 22.7 Å². The topological polar surface area (TPSA) is 96.0 Å². The molecule has 4 aromatic rings. The Bertz CT molecular complexity index is 1690. The quantitative estimate of drug-likeness (QED) is 0.373. The van der Waals surface area contributed by atoms with Gasteiger partial charge in [-0.1, -0.05) is 72.8 Å². The van der Waals surface area contributed by atoms with E-state index in [1.54, 1.807) is 35.2 Å². The summed E-state index contributed by atoms with van der Waals surface area (Å²) in [6.07, 6.45) is 0.238. The summed E-state index contributed by atoms with van der Waals surface area (Å²) in [4.78, 5) is 28.9. The van der Waals surface area contributed by atoms with Crippen LogP contribution in [0.1, 0.15) is 18.4 Å². The van der Waals surface area contributed by atoms with Crippen LogP contribution >= 0.6 is 0 Å². The molecule has 1 fully saturated rings. The predicted octanol–water partition coefficient (Wildman–Crippen LogP) is 4.35. The second-order valence-corrected chi connectivity index (χ2v) is 12.4. The van der Waals surface area contributed by atoms with Crippen molar-refractivity contribution in [2.45, 2.75) is 30.4 Å². The van der Waals surface area contributed by atoms with Crippen LogP contribution in [0.15, 0.2) is 102 Å². The number of hydrogen-bond donors (Lipinski definition) is 1. The van der Waals surface area contributed by atoms with Gasteiger partial charge < -0.3 is 15.0 Å². The summed E-state index contributed by atoms with van der Waals surface area (Å²) < 4.78 is 34.7. The van der Waals surface area contributed by atoms with Crippen LogP contribution in [0, 0.1) is 5.92 Å². The van der Waals surface area contributed by atoms with Gasteiger partial charge in [0.1, 0.15) is 5.75 Å². The summed E-state index contributed by atoms with van der Waals surface area (Å²) in [5.41, 5.74) is 1.54. The molecule has 2 heterocycles. The fourth-order valence-electron chi connectivity index (χ4n) is 5.54. The smallest absolute Gasteiger partial charge is 0.263 e. The highest BCUT2D eigenvalue weighted by molar-refractivity contribution is 7.89. The van der Waals surface area contributed by atoms with Crippen molar-refractivity contribution in [2.24, 2.45) is 5.92 Å². The van der Waals surface area contributed by atoms with Crippen molar-refractivity contribution in [3.8, 4) is 5.75 Å². The van der Waals surface area contributed by atoms with E-state index < -0.39 is 22.0 Å². The second-order valence-electron chi connectivity index (χ2n) is 10.4. The van der Waals surface area contributed by atoms with Crippen molar-refractivity contribution >= 4 is 38.3 Å². The monoisotopic (exact) mass is 569 g/mol. The maximum atomic E-state index is 14.0. The van der Waals surface area contributed by atoms with E-state index in [4.69, 9.17) is 4.74 Å². The van der Waals surface area contributed by atoms with Crippen LogP contribution in [0.4, 0.5) is 5.69 Å². The maximum absolute atomic E-state index is 14.0. The minimum atomic E-state index is -3.80. The van der Waals surface area contributed by atoms with Crippen LogP contribution in [-0.2, 0) is 26.2 Å². The molecule has 9 heteroatoms. The lowest BCUT2D eigenvalue weighted by Crippen LogP contribution is -2.53. The SMILES string of the molecule is O=C(NCc1ccccc1)[C@@H]1CN(C(=O)[C@H]2CCCN(S(=O)(=O)c3ccc4ccccc4c3)C2)c2ccccc2O1. The third-order valence-corrected chi connectivity index (χ3v) is 9.59. The average molecular weight is 570 g/mol. The number of rotatable bonds is 6. The fraction of sp³-hybridized carbons (Fsp3) is 0.250. The molecule has 0 unspecified atom stereocenters. The lowest BCUT2D eigenvalue weighted by atomic mass is 9.97. The van der Waals surface area contributed by atoms with Gasteiger partial charge in [0.2, 0.25) is 15.9 Å². The number of carbonyl (C=O) groups is 2. The Balaban J connectivity index is 1.20. The molecule has 2 atom stereocenters. The Kier molecular flexibility index (Phi) is 7.47. The van der Waals surface area contributed by atoms with Gasteiger partial charge in [0.05, 0.1) is 23.0 Å². The van der Waals surface area contributed by atoms with Crippen molar-refractivity contribution in [2.75, 3.05) is 24.5 Å². The zero-order chi connectivity index (χ0) is 28.4. The van der Waals surface area contributed by atoms with Gasteiger partial charge in [0.25, 0.3) is 5.91 Å². The van der Waals surface area contributed by atoms with E-state index in [-0.39, 0.29) is 29.8 Å². The Hall–Kier alpha value is -4.21. The van der Waals surface area contributed by atoms with Crippen LogP contribution in [0.2, 0.25) is 0 Å². The van der Waals surface area contributed by atoms with Gasteiger partial charge in [0, 0.05) is 19.6 Å². The number of anilines is 1. The number of nitrogens with zero attached hydrogens (tertiary/aromatic N) is 2. The summed E-state index contributed by atoms with van der Waals surface area (Å²) >= 11 is 0.